The predicted octanol–water partition coefficient (Wildman–Crippen LogP) is 3.07. The van der Waals surface area contributed by atoms with Gasteiger partial charge in [0.1, 0.15) is 5.75 Å². The van der Waals surface area contributed by atoms with E-state index in [0.29, 0.717) is 35.3 Å². The zero-order valence-electron chi connectivity index (χ0n) is 14.4. The van der Waals surface area contributed by atoms with Gasteiger partial charge in [-0.25, -0.2) is 0 Å². The van der Waals surface area contributed by atoms with Crippen molar-refractivity contribution in [2.75, 3.05) is 20.2 Å². The second-order valence-electron chi connectivity index (χ2n) is 6.32. The second-order valence-corrected chi connectivity index (χ2v) is 6.76. The van der Waals surface area contributed by atoms with Crippen molar-refractivity contribution in [3.05, 3.63) is 63.0 Å². The monoisotopic (exact) mass is 360 g/mol. The van der Waals surface area contributed by atoms with Gasteiger partial charge in [0, 0.05) is 37.4 Å². The van der Waals surface area contributed by atoms with Crippen LogP contribution in [0.15, 0.2) is 41.3 Å². The molecule has 3 rings (SSSR count). The van der Waals surface area contributed by atoms with Crippen molar-refractivity contribution in [2.45, 2.75) is 18.8 Å². The molecule has 1 fully saturated rings. The Morgan fingerprint density at radius 3 is 2.56 bits per heavy atom. The molecule has 2 heterocycles. The molecule has 2 aromatic rings. The lowest BCUT2D eigenvalue weighted by Crippen LogP contribution is -2.38. The number of likely N-dealkylation sites (tertiary alicyclic amines) is 1. The van der Waals surface area contributed by atoms with Gasteiger partial charge in [-0.05, 0) is 48.6 Å². The fraction of sp³-hybridized carbons (Fsp3) is 0.368. The lowest BCUT2D eigenvalue weighted by atomic mass is 9.90. The predicted molar refractivity (Wildman–Crippen MR) is 97.6 cm³/mol. The van der Waals surface area contributed by atoms with Gasteiger partial charge in [0.2, 0.25) is 0 Å². The van der Waals surface area contributed by atoms with Gasteiger partial charge in [0.15, 0.2) is 0 Å². The van der Waals surface area contributed by atoms with Crippen LogP contribution in [0.3, 0.4) is 0 Å². The normalized spacial score (nSPS) is 15.2. The standard InChI is InChI=1S/C19H21ClN2O3/c1-21-8-5-14(11-18(21)23)13-6-9-22(10-7-13)19(24)16-12-15(20)3-4-17(16)25-2/h3-5,8,11-13H,6-7,9-10H2,1-2H3. The van der Waals surface area contributed by atoms with Crippen molar-refractivity contribution in [1.29, 1.82) is 0 Å². The summed E-state index contributed by atoms with van der Waals surface area (Å²) in [5.41, 5.74) is 1.54. The van der Waals surface area contributed by atoms with Gasteiger partial charge < -0.3 is 14.2 Å². The topological polar surface area (TPSA) is 51.5 Å². The maximum atomic E-state index is 12.8. The Balaban J connectivity index is 1.71. The molecule has 0 saturated carbocycles. The Morgan fingerprint density at radius 2 is 1.92 bits per heavy atom. The summed E-state index contributed by atoms with van der Waals surface area (Å²) in [6, 6.07) is 8.75. The number of hydrogen-bond acceptors (Lipinski definition) is 3. The molecule has 0 N–H and O–H groups in total. The molecule has 0 atom stereocenters. The van der Waals surface area contributed by atoms with Crippen LogP contribution in [0.1, 0.15) is 34.7 Å². The largest absolute Gasteiger partial charge is 0.496 e. The molecule has 0 unspecified atom stereocenters. The fourth-order valence-electron chi connectivity index (χ4n) is 3.25. The smallest absolute Gasteiger partial charge is 0.257 e. The van der Waals surface area contributed by atoms with E-state index in [0.717, 1.165) is 18.4 Å². The lowest BCUT2D eigenvalue weighted by molar-refractivity contribution is 0.0709. The number of hydrogen-bond donors (Lipinski definition) is 0. The summed E-state index contributed by atoms with van der Waals surface area (Å²) in [5, 5.41) is 0.513. The molecule has 1 saturated heterocycles. The molecule has 0 radical (unpaired) electrons. The van der Waals surface area contributed by atoms with E-state index < -0.39 is 0 Å². The van der Waals surface area contributed by atoms with Crippen LogP contribution in [0.2, 0.25) is 5.02 Å². The second kappa shape index (κ2) is 7.31. The van der Waals surface area contributed by atoms with Crippen molar-refractivity contribution in [3.8, 4) is 5.75 Å². The minimum absolute atomic E-state index is 0.000306. The van der Waals surface area contributed by atoms with Gasteiger partial charge in [-0.2, -0.15) is 0 Å². The molecule has 1 aliphatic heterocycles. The Kier molecular flexibility index (Phi) is 5.13. The van der Waals surface area contributed by atoms with E-state index in [-0.39, 0.29) is 11.5 Å². The molecule has 25 heavy (non-hydrogen) atoms. The number of amides is 1. The van der Waals surface area contributed by atoms with Gasteiger partial charge in [-0.15, -0.1) is 0 Å². The molecule has 1 aromatic heterocycles. The highest BCUT2D eigenvalue weighted by molar-refractivity contribution is 6.31. The third kappa shape index (κ3) is 3.71. The van der Waals surface area contributed by atoms with E-state index >= 15 is 0 Å². The average Bonchev–Trinajstić information content (AvgIpc) is 2.63. The molecular formula is C19H21ClN2O3. The van der Waals surface area contributed by atoms with E-state index in [1.54, 1.807) is 49.2 Å². The van der Waals surface area contributed by atoms with Crippen molar-refractivity contribution >= 4 is 17.5 Å². The molecule has 1 aromatic carbocycles. The molecule has 5 nitrogen and oxygen atoms in total. The third-order valence-electron chi connectivity index (χ3n) is 4.77. The number of carbonyl (C=O) groups is 1. The van der Waals surface area contributed by atoms with Crippen LogP contribution >= 0.6 is 11.6 Å². The molecule has 1 amide bonds. The first kappa shape index (κ1) is 17.5. The molecule has 0 bridgehead atoms. The number of carbonyl (C=O) groups excluding carboxylic acids is 1. The van der Waals surface area contributed by atoms with Crippen LogP contribution < -0.4 is 10.3 Å². The number of aromatic nitrogens is 1. The highest BCUT2D eigenvalue weighted by Crippen LogP contribution is 2.30. The Hall–Kier alpha value is -2.27. The average molecular weight is 361 g/mol. The van der Waals surface area contributed by atoms with E-state index in [9.17, 15) is 9.59 Å². The maximum absolute atomic E-state index is 12.8. The molecular weight excluding hydrogens is 340 g/mol. The Morgan fingerprint density at radius 1 is 1.20 bits per heavy atom. The van der Waals surface area contributed by atoms with Gasteiger partial charge in [0.25, 0.3) is 11.5 Å². The van der Waals surface area contributed by atoms with E-state index in [2.05, 4.69) is 0 Å². The Bertz CT molecular complexity index is 839. The van der Waals surface area contributed by atoms with E-state index in [1.165, 1.54) is 0 Å². The van der Waals surface area contributed by atoms with Gasteiger partial charge in [0.05, 0.1) is 12.7 Å². The summed E-state index contributed by atoms with van der Waals surface area (Å²) in [6.45, 7) is 1.29. The number of halogens is 1. The first-order chi connectivity index (χ1) is 12.0. The Labute approximate surface area is 151 Å². The van der Waals surface area contributed by atoms with Gasteiger partial charge >= 0.3 is 0 Å². The summed E-state index contributed by atoms with van der Waals surface area (Å²) < 4.78 is 6.85. The van der Waals surface area contributed by atoms with Crippen LogP contribution in [0, 0.1) is 0 Å². The third-order valence-corrected chi connectivity index (χ3v) is 5.01. The highest BCUT2D eigenvalue weighted by atomic mass is 35.5. The summed E-state index contributed by atoms with van der Waals surface area (Å²) in [4.78, 5) is 26.4. The zero-order chi connectivity index (χ0) is 18.0. The number of rotatable bonds is 3. The van der Waals surface area contributed by atoms with Crippen LogP contribution in [0.4, 0.5) is 0 Å². The highest BCUT2D eigenvalue weighted by Gasteiger charge is 2.26. The summed E-state index contributed by atoms with van der Waals surface area (Å²) in [7, 11) is 3.29. The van der Waals surface area contributed by atoms with E-state index in [1.807, 2.05) is 11.0 Å². The summed E-state index contributed by atoms with van der Waals surface area (Å²) >= 11 is 6.03. The summed E-state index contributed by atoms with van der Waals surface area (Å²) in [6.07, 6.45) is 3.47. The first-order valence-corrected chi connectivity index (χ1v) is 8.67. The van der Waals surface area contributed by atoms with Crippen LogP contribution in [-0.2, 0) is 7.05 Å². The maximum Gasteiger partial charge on any atom is 0.257 e. The first-order valence-electron chi connectivity index (χ1n) is 8.29. The summed E-state index contributed by atoms with van der Waals surface area (Å²) in [5.74, 6) is 0.768. The number of nitrogens with zero attached hydrogens (tertiary/aromatic N) is 2. The number of benzene rings is 1. The van der Waals surface area contributed by atoms with Crippen LogP contribution in [-0.4, -0.2) is 35.6 Å². The number of pyridine rings is 1. The van der Waals surface area contributed by atoms with Crippen molar-refractivity contribution < 1.29 is 9.53 Å². The van der Waals surface area contributed by atoms with E-state index in [4.69, 9.17) is 16.3 Å². The van der Waals surface area contributed by atoms with Crippen molar-refractivity contribution in [1.82, 2.24) is 9.47 Å². The number of aryl methyl sites for hydroxylation is 1. The molecule has 6 heteroatoms. The fourth-order valence-corrected chi connectivity index (χ4v) is 3.42. The lowest BCUT2D eigenvalue weighted by Gasteiger charge is -2.32. The van der Waals surface area contributed by atoms with Crippen molar-refractivity contribution in [3.63, 3.8) is 0 Å². The number of ether oxygens (including phenoxy) is 1. The van der Waals surface area contributed by atoms with Crippen molar-refractivity contribution in [2.24, 2.45) is 7.05 Å². The SMILES string of the molecule is COc1ccc(Cl)cc1C(=O)N1CCC(c2ccn(C)c(=O)c2)CC1. The van der Waals surface area contributed by atoms with Gasteiger partial charge in [-0.3, -0.25) is 9.59 Å². The minimum atomic E-state index is -0.0678. The van der Waals surface area contributed by atoms with Crippen LogP contribution in [0.25, 0.3) is 0 Å². The quantitative estimate of drug-likeness (QED) is 0.845. The molecule has 0 aliphatic carbocycles. The molecule has 0 spiro atoms. The minimum Gasteiger partial charge on any atom is -0.496 e. The van der Waals surface area contributed by atoms with Gasteiger partial charge in [-0.1, -0.05) is 11.6 Å². The molecule has 1 aliphatic rings. The van der Waals surface area contributed by atoms with Crippen LogP contribution in [0.5, 0.6) is 5.75 Å². The number of methoxy groups -OCH3 is 1. The number of piperidine rings is 1. The molecule has 132 valence electrons. The zero-order valence-corrected chi connectivity index (χ0v) is 15.1.